The number of carbonyl (C=O) groups excluding carboxylic acids is 1. The van der Waals surface area contributed by atoms with Crippen LogP contribution in [-0.2, 0) is 11.4 Å². The second-order valence-electron chi connectivity index (χ2n) is 6.51. The Morgan fingerprint density at radius 2 is 1.90 bits per heavy atom. The summed E-state index contributed by atoms with van der Waals surface area (Å²) < 4.78 is 19.3. The highest BCUT2D eigenvalue weighted by Gasteiger charge is 2.12. The number of hydrogen-bond acceptors (Lipinski definition) is 3. The number of carbonyl (C=O) groups is 1. The van der Waals surface area contributed by atoms with Gasteiger partial charge in [-0.05, 0) is 48.4 Å². The van der Waals surface area contributed by atoms with Gasteiger partial charge in [0, 0.05) is 11.3 Å². The van der Waals surface area contributed by atoms with E-state index in [1.807, 2.05) is 25.1 Å². The summed E-state index contributed by atoms with van der Waals surface area (Å²) in [6.45, 7) is 1.90. The van der Waals surface area contributed by atoms with Crippen LogP contribution >= 0.6 is 11.6 Å². The minimum atomic E-state index is -0.511. The Bertz CT molecular complexity index is 1150. The van der Waals surface area contributed by atoms with Gasteiger partial charge in [0.2, 0.25) is 0 Å². The molecule has 3 aromatic carbocycles. The predicted octanol–water partition coefficient (Wildman–Crippen LogP) is 5.91. The van der Waals surface area contributed by atoms with Crippen LogP contribution in [0.25, 0.3) is 6.08 Å². The van der Waals surface area contributed by atoms with Crippen molar-refractivity contribution >= 4 is 29.3 Å². The molecule has 30 heavy (non-hydrogen) atoms. The number of aryl methyl sites for hydroxylation is 1. The van der Waals surface area contributed by atoms with Crippen LogP contribution in [-0.4, -0.2) is 5.91 Å². The molecule has 0 spiro atoms. The molecule has 1 amide bonds. The van der Waals surface area contributed by atoms with Crippen molar-refractivity contribution in [2.24, 2.45) is 0 Å². The lowest BCUT2D eigenvalue weighted by Gasteiger charge is -2.10. The van der Waals surface area contributed by atoms with E-state index in [-0.39, 0.29) is 23.0 Å². The van der Waals surface area contributed by atoms with Crippen LogP contribution in [0.5, 0.6) is 5.75 Å². The zero-order valence-electron chi connectivity index (χ0n) is 16.2. The standard InChI is InChI=1S/C24H18ClFN2O2/c1-16-6-2-5-9-22(16)28-24(29)19(14-27)12-17-10-11-23(20(25)13-17)30-15-18-7-3-4-8-21(18)26/h2-13H,15H2,1H3,(H,28,29)/b19-12+. The van der Waals surface area contributed by atoms with Crippen molar-refractivity contribution in [2.45, 2.75) is 13.5 Å². The van der Waals surface area contributed by atoms with E-state index in [9.17, 15) is 14.4 Å². The van der Waals surface area contributed by atoms with Crippen LogP contribution in [0.4, 0.5) is 10.1 Å². The van der Waals surface area contributed by atoms with Gasteiger partial charge in [-0.1, -0.05) is 54.1 Å². The van der Waals surface area contributed by atoms with Crippen LogP contribution in [0.15, 0.2) is 72.3 Å². The van der Waals surface area contributed by atoms with Gasteiger partial charge in [0.1, 0.15) is 29.8 Å². The molecule has 1 N–H and O–H groups in total. The van der Waals surface area contributed by atoms with Gasteiger partial charge < -0.3 is 10.1 Å². The van der Waals surface area contributed by atoms with E-state index in [0.717, 1.165) is 5.56 Å². The van der Waals surface area contributed by atoms with E-state index in [1.54, 1.807) is 48.5 Å². The zero-order valence-corrected chi connectivity index (χ0v) is 16.9. The van der Waals surface area contributed by atoms with E-state index in [2.05, 4.69) is 5.32 Å². The van der Waals surface area contributed by atoms with Crippen molar-refractivity contribution in [3.8, 4) is 11.8 Å². The summed E-state index contributed by atoms with van der Waals surface area (Å²) in [7, 11) is 0. The first-order valence-electron chi connectivity index (χ1n) is 9.12. The fourth-order valence-corrected chi connectivity index (χ4v) is 2.96. The number of ether oxygens (including phenoxy) is 1. The van der Waals surface area contributed by atoms with E-state index < -0.39 is 5.91 Å². The summed E-state index contributed by atoms with van der Waals surface area (Å²) in [5, 5.41) is 12.4. The van der Waals surface area contributed by atoms with E-state index in [1.165, 1.54) is 12.1 Å². The molecule has 0 radical (unpaired) electrons. The molecule has 3 aromatic rings. The number of nitrogens with one attached hydrogen (secondary N) is 1. The maximum Gasteiger partial charge on any atom is 0.266 e. The topological polar surface area (TPSA) is 62.1 Å². The lowest BCUT2D eigenvalue weighted by atomic mass is 10.1. The Balaban J connectivity index is 1.73. The number of halogens is 2. The number of amides is 1. The number of rotatable bonds is 6. The van der Waals surface area contributed by atoms with Crippen molar-refractivity contribution in [1.82, 2.24) is 0 Å². The van der Waals surface area contributed by atoms with Crippen LogP contribution in [0.3, 0.4) is 0 Å². The highest BCUT2D eigenvalue weighted by molar-refractivity contribution is 6.32. The van der Waals surface area contributed by atoms with Gasteiger partial charge in [0.05, 0.1) is 5.02 Å². The summed E-state index contributed by atoms with van der Waals surface area (Å²) in [6, 6.07) is 20.4. The number of benzene rings is 3. The first-order valence-corrected chi connectivity index (χ1v) is 9.50. The normalized spacial score (nSPS) is 10.9. The van der Waals surface area contributed by atoms with Gasteiger partial charge >= 0.3 is 0 Å². The molecule has 3 rings (SSSR count). The summed E-state index contributed by atoms with van der Waals surface area (Å²) in [5.41, 5.74) is 2.45. The first kappa shape index (κ1) is 21.1. The number of hydrogen-bond donors (Lipinski definition) is 1. The molecule has 0 aromatic heterocycles. The highest BCUT2D eigenvalue weighted by atomic mass is 35.5. The molecule has 0 heterocycles. The van der Waals surface area contributed by atoms with Gasteiger partial charge in [0.15, 0.2) is 0 Å². The summed E-state index contributed by atoms with van der Waals surface area (Å²) in [4.78, 5) is 12.4. The second-order valence-corrected chi connectivity index (χ2v) is 6.92. The minimum Gasteiger partial charge on any atom is -0.487 e. The monoisotopic (exact) mass is 420 g/mol. The van der Waals surface area contributed by atoms with Crippen LogP contribution in [0, 0.1) is 24.1 Å². The molecule has 0 saturated heterocycles. The van der Waals surface area contributed by atoms with Crippen molar-refractivity contribution < 1.29 is 13.9 Å². The lowest BCUT2D eigenvalue weighted by Crippen LogP contribution is -2.14. The maximum absolute atomic E-state index is 13.7. The Kier molecular flexibility index (Phi) is 6.84. The maximum atomic E-state index is 13.7. The third-order valence-electron chi connectivity index (χ3n) is 4.37. The van der Waals surface area contributed by atoms with Crippen LogP contribution < -0.4 is 10.1 Å². The Morgan fingerprint density at radius 3 is 2.60 bits per heavy atom. The van der Waals surface area contributed by atoms with Gasteiger partial charge in [-0.2, -0.15) is 5.26 Å². The molecule has 150 valence electrons. The number of nitriles is 1. The zero-order chi connectivity index (χ0) is 21.5. The SMILES string of the molecule is Cc1ccccc1NC(=O)/C(C#N)=C/c1ccc(OCc2ccccc2F)c(Cl)c1. The van der Waals surface area contributed by atoms with Crippen molar-refractivity contribution in [1.29, 1.82) is 5.26 Å². The summed E-state index contributed by atoms with van der Waals surface area (Å²) >= 11 is 6.26. The predicted molar refractivity (Wildman–Crippen MR) is 116 cm³/mol. The Labute approximate surface area is 179 Å². The molecule has 0 aliphatic carbocycles. The Morgan fingerprint density at radius 1 is 1.17 bits per heavy atom. The minimum absolute atomic E-state index is 0.0316. The van der Waals surface area contributed by atoms with Crippen LogP contribution in [0.2, 0.25) is 5.02 Å². The third kappa shape index (κ3) is 5.25. The van der Waals surface area contributed by atoms with Crippen molar-refractivity contribution in [3.05, 3.63) is 99.8 Å². The average Bonchev–Trinajstić information content (AvgIpc) is 2.74. The van der Waals surface area contributed by atoms with Gasteiger partial charge in [-0.3, -0.25) is 4.79 Å². The van der Waals surface area contributed by atoms with Crippen molar-refractivity contribution in [3.63, 3.8) is 0 Å². The van der Waals surface area contributed by atoms with E-state index in [0.29, 0.717) is 22.6 Å². The first-order chi connectivity index (χ1) is 14.5. The van der Waals surface area contributed by atoms with E-state index in [4.69, 9.17) is 16.3 Å². The Hall–Kier alpha value is -3.62. The van der Waals surface area contributed by atoms with Gasteiger partial charge in [-0.15, -0.1) is 0 Å². The van der Waals surface area contributed by atoms with Gasteiger partial charge in [0.25, 0.3) is 5.91 Å². The molecule has 4 nitrogen and oxygen atoms in total. The molecule has 0 bridgehead atoms. The molecule has 0 unspecified atom stereocenters. The fourth-order valence-electron chi connectivity index (χ4n) is 2.71. The quantitative estimate of drug-likeness (QED) is 0.398. The smallest absolute Gasteiger partial charge is 0.266 e. The highest BCUT2D eigenvalue weighted by Crippen LogP contribution is 2.27. The molecule has 0 aliphatic heterocycles. The molecule has 0 saturated carbocycles. The van der Waals surface area contributed by atoms with Crippen molar-refractivity contribution in [2.75, 3.05) is 5.32 Å². The van der Waals surface area contributed by atoms with Gasteiger partial charge in [-0.25, -0.2) is 4.39 Å². The molecule has 0 atom stereocenters. The van der Waals surface area contributed by atoms with E-state index >= 15 is 0 Å². The number of para-hydroxylation sites is 1. The fraction of sp³-hybridized carbons (Fsp3) is 0.0833. The molecule has 0 fully saturated rings. The molecule has 0 aliphatic rings. The third-order valence-corrected chi connectivity index (χ3v) is 4.66. The second kappa shape index (κ2) is 9.73. The summed E-state index contributed by atoms with van der Waals surface area (Å²) in [5.74, 6) is -0.491. The number of anilines is 1. The average molecular weight is 421 g/mol. The van der Waals surface area contributed by atoms with Crippen LogP contribution in [0.1, 0.15) is 16.7 Å². The molecular weight excluding hydrogens is 403 g/mol. The largest absolute Gasteiger partial charge is 0.487 e. The molecule has 6 heteroatoms. The number of nitrogens with zero attached hydrogens (tertiary/aromatic N) is 1. The molecular formula is C24H18ClFN2O2. The summed E-state index contributed by atoms with van der Waals surface area (Å²) in [6.07, 6.45) is 1.44. The lowest BCUT2D eigenvalue weighted by molar-refractivity contribution is -0.112.